The molecule has 0 unspecified atom stereocenters. The van der Waals surface area contributed by atoms with Crippen LogP contribution in [0.2, 0.25) is 5.02 Å². The Balaban J connectivity index is 2.17. The molecule has 0 atom stereocenters. The van der Waals surface area contributed by atoms with E-state index in [1.54, 1.807) is 30.3 Å². The number of primary amides is 1. The van der Waals surface area contributed by atoms with Crippen LogP contribution in [-0.2, 0) is 6.54 Å². The third-order valence-electron chi connectivity index (χ3n) is 2.72. The van der Waals surface area contributed by atoms with E-state index in [1.807, 2.05) is 0 Å². The predicted molar refractivity (Wildman–Crippen MR) is 81.4 cm³/mol. The number of hydrogen-bond donors (Lipinski definition) is 2. The lowest BCUT2D eigenvalue weighted by Crippen LogP contribution is -2.12. The number of anilines is 1. The monoisotopic (exact) mass is 356 g/mol. The molecule has 0 aromatic heterocycles. The van der Waals surface area contributed by atoms with Crippen LogP contribution in [0.25, 0.3) is 0 Å². The van der Waals surface area contributed by atoms with E-state index >= 15 is 0 Å². The number of benzene rings is 2. The molecule has 104 valence electrons. The Labute approximate surface area is 129 Å². The van der Waals surface area contributed by atoms with Crippen molar-refractivity contribution in [3.8, 4) is 0 Å². The maximum atomic E-state index is 13.6. The highest BCUT2D eigenvalue weighted by Gasteiger charge is 2.08. The van der Waals surface area contributed by atoms with E-state index in [0.717, 1.165) is 4.47 Å². The molecule has 2 aromatic carbocycles. The van der Waals surface area contributed by atoms with Gasteiger partial charge in [0.1, 0.15) is 5.82 Å². The molecule has 20 heavy (non-hydrogen) atoms. The van der Waals surface area contributed by atoms with Crippen molar-refractivity contribution in [2.24, 2.45) is 5.73 Å². The fourth-order valence-corrected chi connectivity index (χ4v) is 2.32. The maximum Gasteiger partial charge on any atom is 0.250 e. The van der Waals surface area contributed by atoms with Gasteiger partial charge in [-0.1, -0.05) is 27.5 Å². The van der Waals surface area contributed by atoms with E-state index in [9.17, 15) is 9.18 Å². The van der Waals surface area contributed by atoms with Crippen LogP contribution in [0.5, 0.6) is 0 Å². The molecular formula is C14H11BrClFN2O. The van der Waals surface area contributed by atoms with Crippen LogP contribution in [0, 0.1) is 5.82 Å². The Morgan fingerprint density at radius 2 is 2.05 bits per heavy atom. The molecule has 0 fully saturated rings. The average molecular weight is 358 g/mol. The highest BCUT2D eigenvalue weighted by molar-refractivity contribution is 9.10. The van der Waals surface area contributed by atoms with Gasteiger partial charge in [0.05, 0.1) is 10.6 Å². The normalized spacial score (nSPS) is 10.3. The quantitative estimate of drug-likeness (QED) is 0.870. The van der Waals surface area contributed by atoms with E-state index in [1.165, 1.54) is 6.07 Å². The van der Waals surface area contributed by atoms with Crippen molar-refractivity contribution in [2.45, 2.75) is 6.54 Å². The van der Waals surface area contributed by atoms with E-state index < -0.39 is 5.91 Å². The molecule has 0 bridgehead atoms. The van der Waals surface area contributed by atoms with Gasteiger partial charge in [0.25, 0.3) is 0 Å². The summed E-state index contributed by atoms with van der Waals surface area (Å²) < 4.78 is 14.4. The Kier molecular flexibility index (Phi) is 4.62. The van der Waals surface area contributed by atoms with Crippen LogP contribution < -0.4 is 11.1 Å². The van der Waals surface area contributed by atoms with Gasteiger partial charge >= 0.3 is 0 Å². The molecule has 0 saturated carbocycles. The van der Waals surface area contributed by atoms with Gasteiger partial charge in [-0.15, -0.1) is 0 Å². The summed E-state index contributed by atoms with van der Waals surface area (Å²) >= 11 is 9.15. The highest BCUT2D eigenvalue weighted by Crippen LogP contribution is 2.22. The van der Waals surface area contributed by atoms with Crippen molar-refractivity contribution in [1.29, 1.82) is 0 Å². The summed E-state index contributed by atoms with van der Waals surface area (Å²) in [6.07, 6.45) is 0. The Morgan fingerprint density at radius 1 is 1.30 bits per heavy atom. The molecule has 0 spiro atoms. The lowest BCUT2D eigenvalue weighted by atomic mass is 10.1. The third-order valence-corrected chi connectivity index (χ3v) is 3.55. The van der Waals surface area contributed by atoms with Crippen molar-refractivity contribution >= 4 is 39.1 Å². The van der Waals surface area contributed by atoms with E-state index in [-0.39, 0.29) is 22.9 Å². The minimum atomic E-state index is -0.604. The Morgan fingerprint density at radius 3 is 2.75 bits per heavy atom. The van der Waals surface area contributed by atoms with Gasteiger partial charge in [-0.05, 0) is 36.4 Å². The summed E-state index contributed by atoms with van der Waals surface area (Å²) in [5, 5.41) is 3.31. The molecule has 0 aliphatic rings. The van der Waals surface area contributed by atoms with Gasteiger partial charge in [-0.25, -0.2) is 4.39 Å². The molecule has 0 aliphatic carbocycles. The second kappa shape index (κ2) is 6.24. The van der Waals surface area contributed by atoms with Crippen molar-refractivity contribution in [3.63, 3.8) is 0 Å². The van der Waals surface area contributed by atoms with Crippen LogP contribution in [0.4, 0.5) is 10.1 Å². The van der Waals surface area contributed by atoms with Crippen LogP contribution in [0.1, 0.15) is 15.9 Å². The smallest absolute Gasteiger partial charge is 0.250 e. The number of carbonyl (C=O) groups is 1. The fourth-order valence-electron chi connectivity index (χ4n) is 1.70. The molecule has 3 N–H and O–H groups in total. The SMILES string of the molecule is NC(=O)c1cc(NCc2cc(Br)ccc2F)ccc1Cl. The van der Waals surface area contributed by atoms with E-state index in [0.29, 0.717) is 11.3 Å². The number of nitrogens with one attached hydrogen (secondary N) is 1. The van der Waals surface area contributed by atoms with Crippen LogP contribution >= 0.6 is 27.5 Å². The molecule has 1 amide bonds. The van der Waals surface area contributed by atoms with Crippen molar-refractivity contribution in [3.05, 3.63) is 62.8 Å². The molecule has 3 nitrogen and oxygen atoms in total. The largest absolute Gasteiger partial charge is 0.381 e. The van der Waals surface area contributed by atoms with Gasteiger partial charge in [0.2, 0.25) is 5.91 Å². The second-order valence-electron chi connectivity index (χ2n) is 4.15. The van der Waals surface area contributed by atoms with Crippen molar-refractivity contribution in [2.75, 3.05) is 5.32 Å². The topological polar surface area (TPSA) is 55.1 Å². The number of carbonyl (C=O) groups excluding carboxylic acids is 1. The summed E-state index contributed by atoms with van der Waals surface area (Å²) in [6, 6.07) is 9.52. The fraction of sp³-hybridized carbons (Fsp3) is 0.0714. The summed E-state index contributed by atoms with van der Waals surface area (Å²) in [4.78, 5) is 11.2. The zero-order valence-corrected chi connectivity index (χ0v) is 12.6. The minimum Gasteiger partial charge on any atom is -0.381 e. The first kappa shape index (κ1) is 14.8. The summed E-state index contributed by atoms with van der Waals surface area (Å²) in [5.41, 5.74) is 6.60. The first-order valence-electron chi connectivity index (χ1n) is 5.74. The van der Waals surface area contributed by atoms with Gasteiger partial charge in [0, 0.05) is 22.3 Å². The van der Waals surface area contributed by atoms with Gasteiger partial charge < -0.3 is 11.1 Å². The number of halogens is 3. The minimum absolute atomic E-state index is 0.228. The van der Waals surface area contributed by atoms with E-state index in [2.05, 4.69) is 21.2 Å². The predicted octanol–water partition coefficient (Wildman–Crippen LogP) is 3.95. The summed E-state index contributed by atoms with van der Waals surface area (Å²) in [6.45, 7) is 0.283. The van der Waals surface area contributed by atoms with Crippen molar-refractivity contribution < 1.29 is 9.18 Å². The molecular weight excluding hydrogens is 347 g/mol. The molecule has 0 heterocycles. The molecule has 0 aliphatic heterocycles. The van der Waals surface area contributed by atoms with Crippen molar-refractivity contribution in [1.82, 2.24) is 0 Å². The first-order valence-corrected chi connectivity index (χ1v) is 6.91. The molecule has 0 radical (unpaired) electrons. The van der Waals surface area contributed by atoms with Crippen LogP contribution in [-0.4, -0.2) is 5.91 Å². The Hall–Kier alpha value is -1.59. The van der Waals surface area contributed by atoms with E-state index in [4.69, 9.17) is 17.3 Å². The van der Waals surface area contributed by atoms with Gasteiger partial charge in [-0.2, -0.15) is 0 Å². The lowest BCUT2D eigenvalue weighted by molar-refractivity contribution is 0.100. The van der Waals surface area contributed by atoms with Gasteiger partial charge in [0.15, 0.2) is 0 Å². The average Bonchev–Trinajstić information content (AvgIpc) is 2.41. The third kappa shape index (κ3) is 3.49. The molecule has 0 saturated heterocycles. The number of rotatable bonds is 4. The zero-order chi connectivity index (χ0) is 14.7. The standard InChI is InChI=1S/C14H11BrClFN2O/c15-9-1-4-13(17)8(5-9)7-19-10-2-3-12(16)11(6-10)14(18)20/h1-6,19H,7H2,(H2,18,20). The Bertz CT molecular complexity index is 664. The second-order valence-corrected chi connectivity index (χ2v) is 5.47. The van der Waals surface area contributed by atoms with Crippen LogP contribution in [0.3, 0.4) is 0 Å². The number of hydrogen-bond acceptors (Lipinski definition) is 2. The zero-order valence-electron chi connectivity index (χ0n) is 10.3. The lowest BCUT2D eigenvalue weighted by Gasteiger charge is -2.09. The number of nitrogens with two attached hydrogens (primary N) is 1. The van der Waals surface area contributed by atoms with Crippen LogP contribution in [0.15, 0.2) is 40.9 Å². The molecule has 6 heteroatoms. The summed E-state index contributed by atoms with van der Waals surface area (Å²) in [5.74, 6) is -0.905. The molecule has 2 aromatic rings. The maximum absolute atomic E-state index is 13.6. The number of amides is 1. The highest BCUT2D eigenvalue weighted by atomic mass is 79.9. The first-order chi connectivity index (χ1) is 9.47. The summed E-state index contributed by atoms with van der Waals surface area (Å²) in [7, 11) is 0. The van der Waals surface area contributed by atoms with Gasteiger partial charge in [-0.3, -0.25) is 4.79 Å². The molecule has 2 rings (SSSR count).